The van der Waals surface area contributed by atoms with Crippen LogP contribution in [0.25, 0.3) is 0 Å². The van der Waals surface area contributed by atoms with E-state index < -0.39 is 28.5 Å². The average Bonchev–Trinajstić information content (AvgIpc) is 2.80. The standard InChI is InChI=1S/C24H31Cl2N3O5S/c1-6-16(2)27-24(31)17(3)28(14-18-7-8-19(25)13-22(18)26)23(30)15-29(35(5,32)33)20-9-11-21(34-4)12-10-20/h7-13,16-17H,6,14-15H2,1-5H3,(H,27,31)/t16-,17+/m0/s1. The smallest absolute Gasteiger partial charge is 0.244 e. The quantitative estimate of drug-likeness (QED) is 0.460. The number of methoxy groups -OCH3 is 1. The summed E-state index contributed by atoms with van der Waals surface area (Å²) in [6.45, 7) is 4.88. The molecule has 0 fully saturated rings. The van der Waals surface area contributed by atoms with Crippen LogP contribution in [0.3, 0.4) is 0 Å². The Bertz CT molecular complexity index is 1140. The Morgan fingerprint density at radius 3 is 2.23 bits per heavy atom. The van der Waals surface area contributed by atoms with E-state index in [2.05, 4.69) is 5.32 Å². The summed E-state index contributed by atoms with van der Waals surface area (Å²) in [6, 6.07) is 10.2. The third-order valence-corrected chi connectivity index (χ3v) is 7.29. The molecule has 0 aliphatic heterocycles. The first-order valence-electron chi connectivity index (χ1n) is 11.0. The van der Waals surface area contributed by atoms with Crippen molar-refractivity contribution in [3.63, 3.8) is 0 Å². The number of rotatable bonds is 11. The minimum absolute atomic E-state index is 0.00978. The predicted molar refractivity (Wildman–Crippen MR) is 140 cm³/mol. The summed E-state index contributed by atoms with van der Waals surface area (Å²) in [5.41, 5.74) is 0.866. The van der Waals surface area contributed by atoms with Crippen molar-refractivity contribution in [2.45, 2.75) is 45.8 Å². The minimum Gasteiger partial charge on any atom is -0.497 e. The van der Waals surface area contributed by atoms with Gasteiger partial charge in [0, 0.05) is 22.6 Å². The highest BCUT2D eigenvalue weighted by atomic mass is 35.5. The molecule has 35 heavy (non-hydrogen) atoms. The largest absolute Gasteiger partial charge is 0.497 e. The molecule has 2 atom stereocenters. The monoisotopic (exact) mass is 543 g/mol. The van der Waals surface area contributed by atoms with Crippen molar-refractivity contribution in [2.75, 3.05) is 24.2 Å². The van der Waals surface area contributed by atoms with E-state index in [0.717, 1.165) is 17.0 Å². The number of carbonyl (C=O) groups excluding carboxylic acids is 2. The van der Waals surface area contributed by atoms with E-state index in [9.17, 15) is 18.0 Å². The van der Waals surface area contributed by atoms with Crippen LogP contribution < -0.4 is 14.4 Å². The number of halogens is 2. The van der Waals surface area contributed by atoms with E-state index in [0.29, 0.717) is 27.0 Å². The average molecular weight is 545 g/mol. The van der Waals surface area contributed by atoms with Crippen molar-refractivity contribution < 1.29 is 22.7 Å². The van der Waals surface area contributed by atoms with Crippen LogP contribution in [0, 0.1) is 0 Å². The Kier molecular flexibility index (Phi) is 10.2. The van der Waals surface area contributed by atoms with E-state index in [-0.39, 0.29) is 18.5 Å². The van der Waals surface area contributed by atoms with Gasteiger partial charge in [-0.1, -0.05) is 36.2 Å². The van der Waals surface area contributed by atoms with E-state index in [1.807, 2.05) is 13.8 Å². The van der Waals surface area contributed by atoms with Crippen molar-refractivity contribution >= 4 is 50.7 Å². The second kappa shape index (κ2) is 12.5. The van der Waals surface area contributed by atoms with E-state index in [1.165, 1.54) is 12.0 Å². The molecule has 0 spiro atoms. The lowest BCUT2D eigenvalue weighted by Gasteiger charge is -2.32. The molecule has 2 rings (SSSR count). The van der Waals surface area contributed by atoms with Gasteiger partial charge in [0.25, 0.3) is 0 Å². The van der Waals surface area contributed by atoms with E-state index in [1.54, 1.807) is 49.4 Å². The number of nitrogens with zero attached hydrogens (tertiary/aromatic N) is 2. The molecule has 1 N–H and O–H groups in total. The van der Waals surface area contributed by atoms with Crippen LogP contribution in [0.2, 0.25) is 10.0 Å². The van der Waals surface area contributed by atoms with Crippen LogP contribution >= 0.6 is 23.2 Å². The number of benzene rings is 2. The van der Waals surface area contributed by atoms with Crippen LogP contribution in [0.15, 0.2) is 42.5 Å². The van der Waals surface area contributed by atoms with Gasteiger partial charge >= 0.3 is 0 Å². The normalized spacial score (nSPS) is 13.0. The predicted octanol–water partition coefficient (Wildman–Crippen LogP) is 4.10. The summed E-state index contributed by atoms with van der Waals surface area (Å²) in [5, 5.41) is 3.64. The lowest BCUT2D eigenvalue weighted by atomic mass is 10.1. The molecular weight excluding hydrogens is 513 g/mol. The molecule has 0 heterocycles. The van der Waals surface area contributed by atoms with Crippen molar-refractivity contribution in [3.05, 3.63) is 58.1 Å². The number of ether oxygens (including phenoxy) is 1. The highest BCUT2D eigenvalue weighted by molar-refractivity contribution is 7.92. The first-order chi connectivity index (χ1) is 16.4. The number of hydrogen-bond donors (Lipinski definition) is 1. The fourth-order valence-electron chi connectivity index (χ4n) is 3.24. The number of amides is 2. The molecule has 0 aliphatic rings. The summed E-state index contributed by atoms with van der Waals surface area (Å²) in [7, 11) is -2.32. The zero-order chi connectivity index (χ0) is 26.3. The van der Waals surface area contributed by atoms with Gasteiger partial charge in [-0.15, -0.1) is 0 Å². The lowest BCUT2D eigenvalue weighted by molar-refractivity contribution is -0.139. The van der Waals surface area contributed by atoms with Crippen molar-refractivity contribution in [1.82, 2.24) is 10.2 Å². The van der Waals surface area contributed by atoms with Crippen molar-refractivity contribution in [2.24, 2.45) is 0 Å². The highest BCUT2D eigenvalue weighted by Gasteiger charge is 2.30. The molecule has 0 saturated heterocycles. The van der Waals surface area contributed by atoms with Crippen molar-refractivity contribution in [3.8, 4) is 5.75 Å². The molecule has 0 aromatic heterocycles. The number of hydrogen-bond acceptors (Lipinski definition) is 5. The lowest BCUT2D eigenvalue weighted by Crippen LogP contribution is -2.52. The van der Waals surface area contributed by atoms with Crippen LogP contribution in [-0.2, 0) is 26.2 Å². The summed E-state index contributed by atoms with van der Waals surface area (Å²) < 4.78 is 31.3. The Morgan fingerprint density at radius 2 is 1.71 bits per heavy atom. The fourth-order valence-corrected chi connectivity index (χ4v) is 4.56. The van der Waals surface area contributed by atoms with E-state index in [4.69, 9.17) is 27.9 Å². The summed E-state index contributed by atoms with van der Waals surface area (Å²) in [6.07, 6.45) is 1.73. The maximum atomic E-state index is 13.5. The topological polar surface area (TPSA) is 96.0 Å². The molecule has 2 amide bonds. The molecule has 192 valence electrons. The first kappa shape index (κ1) is 28.7. The second-order valence-corrected chi connectivity index (χ2v) is 11.0. The highest BCUT2D eigenvalue weighted by Crippen LogP contribution is 2.25. The maximum absolute atomic E-state index is 13.5. The number of nitrogens with one attached hydrogen (secondary N) is 1. The number of sulfonamides is 1. The van der Waals surface area contributed by atoms with Gasteiger partial charge in [-0.3, -0.25) is 13.9 Å². The van der Waals surface area contributed by atoms with Gasteiger partial charge in [0.2, 0.25) is 21.8 Å². The van der Waals surface area contributed by atoms with Gasteiger partial charge < -0.3 is 15.0 Å². The minimum atomic E-state index is -3.82. The van der Waals surface area contributed by atoms with Gasteiger partial charge in [0.15, 0.2) is 0 Å². The molecule has 0 saturated carbocycles. The van der Waals surface area contributed by atoms with Gasteiger partial charge in [-0.2, -0.15) is 0 Å². The molecule has 2 aromatic carbocycles. The van der Waals surface area contributed by atoms with Crippen LogP contribution in [0.1, 0.15) is 32.8 Å². The zero-order valence-corrected chi connectivity index (χ0v) is 22.7. The molecule has 0 aliphatic carbocycles. The summed E-state index contributed by atoms with van der Waals surface area (Å²) in [4.78, 5) is 27.7. The maximum Gasteiger partial charge on any atom is 0.244 e. The molecular formula is C24H31Cl2N3O5S. The van der Waals surface area contributed by atoms with Crippen LogP contribution in [0.4, 0.5) is 5.69 Å². The Hall–Kier alpha value is -2.49. The number of anilines is 1. The first-order valence-corrected chi connectivity index (χ1v) is 13.6. The molecule has 8 nitrogen and oxygen atoms in total. The van der Waals surface area contributed by atoms with Crippen LogP contribution in [-0.4, -0.2) is 57.1 Å². The van der Waals surface area contributed by atoms with Gasteiger partial charge in [-0.05, 0) is 62.2 Å². The SMILES string of the molecule is CC[C@H](C)NC(=O)[C@@H](C)N(Cc1ccc(Cl)cc1Cl)C(=O)CN(c1ccc(OC)cc1)S(C)(=O)=O. The van der Waals surface area contributed by atoms with Crippen molar-refractivity contribution in [1.29, 1.82) is 0 Å². The molecule has 0 radical (unpaired) electrons. The molecule has 2 aromatic rings. The van der Waals surface area contributed by atoms with Crippen LogP contribution in [0.5, 0.6) is 5.75 Å². The molecule has 0 bridgehead atoms. The van der Waals surface area contributed by atoms with Gasteiger partial charge in [-0.25, -0.2) is 8.42 Å². The summed E-state index contributed by atoms with van der Waals surface area (Å²) >= 11 is 12.3. The fraction of sp³-hybridized carbons (Fsp3) is 0.417. The summed E-state index contributed by atoms with van der Waals surface area (Å²) in [5.74, 6) is -0.375. The van der Waals surface area contributed by atoms with Gasteiger partial charge in [0.05, 0.1) is 19.1 Å². The third kappa shape index (κ3) is 8.02. The molecule has 0 unspecified atom stereocenters. The number of carbonyl (C=O) groups is 2. The van der Waals surface area contributed by atoms with E-state index >= 15 is 0 Å². The molecule has 11 heteroatoms. The Labute approximate surface area is 217 Å². The Balaban J connectivity index is 2.41. The Morgan fingerprint density at radius 1 is 1.09 bits per heavy atom. The zero-order valence-electron chi connectivity index (χ0n) is 20.4. The van der Waals surface area contributed by atoms with Gasteiger partial charge in [0.1, 0.15) is 18.3 Å². The second-order valence-electron chi connectivity index (χ2n) is 8.22. The third-order valence-electron chi connectivity index (χ3n) is 5.56.